The van der Waals surface area contributed by atoms with Crippen LogP contribution in [-0.4, -0.2) is 161 Å². The number of carbonyl (C=O) groups is 11. The van der Waals surface area contributed by atoms with Crippen LogP contribution in [0.25, 0.3) is 0 Å². The molecule has 0 bridgehead atoms. The molecule has 0 aliphatic carbocycles. The van der Waals surface area contributed by atoms with Gasteiger partial charge < -0.3 is 75.3 Å². The Hall–Kier alpha value is -5.90. The summed E-state index contributed by atoms with van der Waals surface area (Å²) in [6, 6.07) is -9.51. The largest absolute Gasteiger partial charge is 0.481 e. The highest BCUT2D eigenvalue weighted by atomic mass is 32.1. The summed E-state index contributed by atoms with van der Waals surface area (Å²) in [4.78, 5) is 141. The predicted octanol–water partition coefficient (Wildman–Crippen LogP) is -6.87. The van der Waals surface area contributed by atoms with Crippen molar-refractivity contribution < 1.29 is 63.0 Å². The summed E-state index contributed by atoms with van der Waals surface area (Å²) in [6.45, 7) is 4.21. The molecule has 26 nitrogen and oxygen atoms in total. The molecule has 0 aromatic rings. The maximum absolute atomic E-state index is 13.3. The number of nitrogens with zero attached hydrogens (tertiary/aromatic N) is 1. The zero-order valence-corrected chi connectivity index (χ0v) is 36.4. The molecule has 0 fully saturated rings. The van der Waals surface area contributed by atoms with Gasteiger partial charge in [-0.1, -0.05) is 13.8 Å². The van der Waals surface area contributed by atoms with E-state index in [2.05, 4.69) is 78.1 Å². The Labute approximate surface area is 367 Å². The van der Waals surface area contributed by atoms with E-state index in [1.165, 1.54) is 13.8 Å². The molecule has 0 aromatic heterocycles. The van der Waals surface area contributed by atoms with E-state index in [0.717, 1.165) is 0 Å². The van der Waals surface area contributed by atoms with Gasteiger partial charge in [-0.05, 0) is 39.0 Å². The number of nitrogens with two attached hydrogens (primary N) is 3. The molecule has 9 amide bonds. The second kappa shape index (κ2) is 29.4. The van der Waals surface area contributed by atoms with Crippen molar-refractivity contribution in [1.82, 2.24) is 47.9 Å². The minimum atomic E-state index is -1.81. The Morgan fingerprint density at radius 2 is 1.02 bits per heavy atom. The van der Waals surface area contributed by atoms with Gasteiger partial charge in [-0.15, -0.1) is 0 Å². The standard InChI is InChI=1S/C34H59N13O13S2/c1-15(2)8-19(29(55)40-11-24(49)42-17(4)33(59)60)45-32(58)22(14-62)47-30(56)20(9-26(51)52)43-25(50)12-39-28(54)18(6-5-7-38-34(36)37)44-31(57)21(13-61)46-27(53)16(3)41-23(48)10-35/h15-22,61-62H,5-14,35H2,1-4H3,(H,39,54)(H,40,55)(H,41,48)(H,42,49)(H,43,50)(H,44,57)(H,45,58)(H,46,53)(H,47,56)(H,51,52)(H,59,60)(H4,36,37,38)/t16-,17-,18-,19-,20-,21-,22-/m0/s1. The molecule has 0 unspecified atom stereocenters. The molecule has 350 valence electrons. The summed E-state index contributed by atoms with van der Waals surface area (Å²) in [7, 11) is 0. The minimum Gasteiger partial charge on any atom is -0.481 e. The van der Waals surface area contributed by atoms with Crippen LogP contribution in [0.15, 0.2) is 4.99 Å². The molecule has 0 rings (SSSR count). The number of nitrogens with one attached hydrogen (secondary N) is 9. The number of aliphatic imine (C=N–C) groups is 1. The zero-order chi connectivity index (χ0) is 47.7. The molecule has 7 atom stereocenters. The van der Waals surface area contributed by atoms with Gasteiger partial charge in [-0.25, -0.2) is 0 Å². The van der Waals surface area contributed by atoms with Crippen molar-refractivity contribution in [2.45, 2.75) is 95.7 Å². The summed E-state index contributed by atoms with van der Waals surface area (Å²) in [5.74, 6) is -11.8. The molecule has 0 aliphatic heterocycles. The third kappa shape index (κ3) is 23.2. The first-order chi connectivity index (χ1) is 28.9. The molecule has 0 aliphatic rings. The molecular weight excluding hydrogens is 863 g/mol. The Morgan fingerprint density at radius 1 is 0.565 bits per heavy atom. The van der Waals surface area contributed by atoms with Crippen molar-refractivity contribution in [3.63, 3.8) is 0 Å². The maximum atomic E-state index is 13.3. The van der Waals surface area contributed by atoms with E-state index in [1.54, 1.807) is 13.8 Å². The van der Waals surface area contributed by atoms with Crippen LogP contribution in [0.1, 0.15) is 53.4 Å². The topological polar surface area (TPSA) is 427 Å². The van der Waals surface area contributed by atoms with E-state index in [9.17, 15) is 57.8 Å². The molecule has 0 saturated heterocycles. The van der Waals surface area contributed by atoms with Crippen molar-refractivity contribution in [1.29, 1.82) is 0 Å². The lowest BCUT2D eigenvalue weighted by Gasteiger charge is -2.25. The number of hydrogen-bond acceptors (Lipinski definition) is 15. The lowest BCUT2D eigenvalue weighted by atomic mass is 10.0. The molecule has 17 N–H and O–H groups in total. The fourth-order valence-corrected chi connectivity index (χ4v) is 5.42. The highest BCUT2D eigenvalue weighted by Crippen LogP contribution is 2.07. The van der Waals surface area contributed by atoms with Crippen molar-refractivity contribution >= 4 is 96.3 Å². The average molecular weight is 922 g/mol. The smallest absolute Gasteiger partial charge is 0.325 e. The number of aliphatic carboxylic acids is 2. The number of carbonyl (C=O) groups excluding carboxylic acids is 9. The van der Waals surface area contributed by atoms with E-state index in [1.807, 2.05) is 0 Å². The van der Waals surface area contributed by atoms with E-state index >= 15 is 0 Å². The van der Waals surface area contributed by atoms with Crippen LogP contribution in [0.4, 0.5) is 0 Å². The van der Waals surface area contributed by atoms with E-state index in [0.29, 0.717) is 0 Å². The molecule has 28 heteroatoms. The Balaban J connectivity index is 5.83. The minimum absolute atomic E-state index is 0.0325. The Kier molecular flexibility index (Phi) is 26.6. The van der Waals surface area contributed by atoms with Gasteiger partial charge in [0.2, 0.25) is 53.2 Å². The summed E-state index contributed by atoms with van der Waals surface area (Å²) in [5.41, 5.74) is 15.9. The number of rotatable bonds is 29. The van der Waals surface area contributed by atoms with Crippen LogP contribution in [0.3, 0.4) is 0 Å². The second-order valence-electron chi connectivity index (χ2n) is 14.0. The van der Waals surface area contributed by atoms with Crippen LogP contribution < -0.4 is 65.1 Å². The Bertz CT molecular complexity index is 1650. The number of guanidine groups is 1. The molecule has 0 saturated carbocycles. The van der Waals surface area contributed by atoms with Crippen LogP contribution >= 0.6 is 25.3 Å². The lowest BCUT2D eigenvalue weighted by molar-refractivity contribution is -0.141. The first kappa shape index (κ1) is 56.1. The third-order valence-electron chi connectivity index (χ3n) is 8.13. The van der Waals surface area contributed by atoms with Crippen LogP contribution in [-0.2, 0) is 52.7 Å². The summed E-state index contributed by atoms with van der Waals surface area (Å²) >= 11 is 8.16. The number of thiol groups is 2. The molecule has 0 radical (unpaired) electrons. The Morgan fingerprint density at radius 3 is 1.48 bits per heavy atom. The fourth-order valence-electron chi connectivity index (χ4n) is 4.91. The maximum Gasteiger partial charge on any atom is 0.325 e. The zero-order valence-electron chi connectivity index (χ0n) is 34.6. The number of carboxylic acids is 2. The molecule has 0 spiro atoms. The van der Waals surface area contributed by atoms with Gasteiger partial charge in [0, 0.05) is 18.1 Å². The van der Waals surface area contributed by atoms with Gasteiger partial charge in [-0.3, -0.25) is 57.7 Å². The van der Waals surface area contributed by atoms with E-state index in [-0.39, 0.29) is 55.7 Å². The first-order valence-corrected chi connectivity index (χ1v) is 20.3. The highest BCUT2D eigenvalue weighted by Gasteiger charge is 2.32. The summed E-state index contributed by atoms with van der Waals surface area (Å²) in [5, 5.41) is 39.2. The predicted molar refractivity (Wildman–Crippen MR) is 227 cm³/mol. The van der Waals surface area contributed by atoms with Gasteiger partial charge in [-0.2, -0.15) is 25.3 Å². The molecular formula is C34H59N13O13S2. The normalized spacial score (nSPS) is 14.1. The SMILES string of the molecule is CC(C)C[C@H](NC(=O)[C@H](CS)NC(=O)[C@H](CC(=O)O)NC(=O)CNC(=O)[C@H](CCCN=C(N)N)NC(=O)[C@H](CS)NC(=O)[C@H](C)NC(=O)CN)C(=O)NCC(=O)N[C@@H](C)C(=O)O. The number of carboxylic acid groups (broad SMARTS) is 2. The van der Waals surface area contributed by atoms with Crippen molar-refractivity contribution in [3.05, 3.63) is 0 Å². The van der Waals surface area contributed by atoms with E-state index < -0.39 is 127 Å². The first-order valence-electron chi connectivity index (χ1n) is 19.0. The van der Waals surface area contributed by atoms with Gasteiger partial charge in [0.25, 0.3) is 0 Å². The van der Waals surface area contributed by atoms with Gasteiger partial charge >= 0.3 is 11.9 Å². The van der Waals surface area contributed by atoms with Crippen molar-refractivity contribution in [3.8, 4) is 0 Å². The molecule has 0 heterocycles. The lowest BCUT2D eigenvalue weighted by Crippen LogP contribution is -2.59. The van der Waals surface area contributed by atoms with Gasteiger partial charge in [0.1, 0.15) is 42.3 Å². The van der Waals surface area contributed by atoms with Gasteiger partial charge in [0.15, 0.2) is 5.96 Å². The fraction of sp³-hybridized carbons (Fsp3) is 0.647. The third-order valence-corrected chi connectivity index (χ3v) is 8.86. The summed E-state index contributed by atoms with van der Waals surface area (Å²) < 4.78 is 0. The number of amides is 9. The molecule has 0 aromatic carbocycles. The quantitative estimate of drug-likeness (QED) is 0.0143. The highest BCUT2D eigenvalue weighted by molar-refractivity contribution is 7.80. The van der Waals surface area contributed by atoms with Crippen LogP contribution in [0.2, 0.25) is 0 Å². The van der Waals surface area contributed by atoms with Crippen LogP contribution in [0, 0.1) is 5.92 Å². The second-order valence-corrected chi connectivity index (χ2v) is 14.7. The monoisotopic (exact) mass is 921 g/mol. The summed E-state index contributed by atoms with van der Waals surface area (Å²) in [6.07, 6.45) is -0.881. The average Bonchev–Trinajstić information content (AvgIpc) is 3.19. The molecule has 62 heavy (non-hydrogen) atoms. The number of hydrogen-bond donors (Lipinski definition) is 16. The van der Waals surface area contributed by atoms with Gasteiger partial charge in [0.05, 0.1) is 26.1 Å². The van der Waals surface area contributed by atoms with Crippen LogP contribution in [0.5, 0.6) is 0 Å². The van der Waals surface area contributed by atoms with Crippen molar-refractivity contribution in [2.24, 2.45) is 28.1 Å². The van der Waals surface area contributed by atoms with Crippen molar-refractivity contribution in [2.75, 3.05) is 37.7 Å². The van der Waals surface area contributed by atoms with E-state index in [4.69, 9.17) is 22.3 Å².